The molecule has 4 aromatic rings. The first kappa shape index (κ1) is 24.6. The zero-order valence-corrected chi connectivity index (χ0v) is 21.2. The van der Waals surface area contributed by atoms with E-state index in [1.54, 1.807) is 0 Å². The molecule has 1 N–H and O–H groups in total. The van der Waals surface area contributed by atoms with Crippen LogP contribution >= 0.6 is 11.6 Å². The average molecular weight is 490 g/mol. The lowest BCUT2D eigenvalue weighted by atomic mass is 9.97. The summed E-state index contributed by atoms with van der Waals surface area (Å²) < 4.78 is 2.15. The maximum atomic E-state index is 11.1. The maximum absolute atomic E-state index is 11.1. The number of carbonyl (C=O) groups is 1. The molecule has 5 rings (SSSR count). The molecule has 35 heavy (non-hydrogen) atoms. The molecule has 0 spiro atoms. The van der Waals surface area contributed by atoms with Crippen molar-refractivity contribution in [3.8, 4) is 11.3 Å². The number of fused-ring (bicyclic) bond motifs is 1. The summed E-state index contributed by atoms with van der Waals surface area (Å²) in [5.74, 6) is 1.28. The number of benzene rings is 2. The van der Waals surface area contributed by atoms with Crippen LogP contribution in [-0.4, -0.2) is 54.9 Å². The van der Waals surface area contributed by atoms with Crippen molar-refractivity contribution in [1.29, 1.82) is 0 Å². The number of nitrogens with one attached hydrogen (secondary N) is 1. The van der Waals surface area contributed by atoms with Gasteiger partial charge >= 0.3 is 0 Å². The third kappa shape index (κ3) is 5.77. The fourth-order valence-electron chi connectivity index (χ4n) is 4.44. The summed E-state index contributed by atoms with van der Waals surface area (Å²) in [6.45, 7) is 1.57. The van der Waals surface area contributed by atoms with Crippen LogP contribution in [0.1, 0.15) is 24.6 Å². The normalized spacial score (nSPS) is 15.3. The van der Waals surface area contributed by atoms with Crippen LogP contribution in [0.25, 0.3) is 16.8 Å². The molecule has 1 unspecified atom stereocenters. The number of likely N-dealkylation sites (tertiary alicyclic amines) is 1. The molecule has 1 aliphatic rings. The third-order valence-corrected chi connectivity index (χ3v) is 6.55. The lowest BCUT2D eigenvalue weighted by Gasteiger charge is -2.29. The van der Waals surface area contributed by atoms with Crippen molar-refractivity contribution in [2.75, 3.05) is 44.4 Å². The van der Waals surface area contributed by atoms with E-state index in [1.165, 1.54) is 5.69 Å². The molecule has 7 heteroatoms. The molecule has 1 amide bonds. The molecule has 2 aromatic carbocycles. The Morgan fingerprint density at radius 1 is 1.09 bits per heavy atom. The molecule has 0 bridgehead atoms. The van der Waals surface area contributed by atoms with Crippen molar-refractivity contribution in [2.24, 2.45) is 0 Å². The number of imidazole rings is 1. The number of nitrogens with zero attached hydrogens (tertiary/aromatic N) is 4. The Morgan fingerprint density at radius 3 is 2.57 bits per heavy atom. The van der Waals surface area contributed by atoms with Gasteiger partial charge in [0.2, 0.25) is 6.41 Å². The van der Waals surface area contributed by atoms with Crippen molar-refractivity contribution in [3.63, 3.8) is 0 Å². The van der Waals surface area contributed by atoms with Gasteiger partial charge < -0.3 is 19.5 Å². The quantitative estimate of drug-likeness (QED) is 0.361. The van der Waals surface area contributed by atoms with Crippen LogP contribution in [0.15, 0.2) is 72.9 Å². The van der Waals surface area contributed by atoms with Crippen molar-refractivity contribution in [2.45, 2.75) is 18.8 Å². The zero-order chi connectivity index (χ0) is 24.8. The number of rotatable bonds is 5. The summed E-state index contributed by atoms with van der Waals surface area (Å²) in [7, 11) is 5.99. The smallest absolute Gasteiger partial charge is 0.209 e. The standard InChI is InChI=1S/C19H18ClN3O.C9H14N2/c20-16-7-3-5-14(11-16)18-17-8-1-2-10-23(17)19(21-18)15-6-4-9-22(12-15)13-24;1-10-8-4-6-9(7-5-8)11(2)3/h1-3,5,7-8,10-11,13,15H,4,6,9,12H2;4-7,10H,1-3H3. The second kappa shape index (κ2) is 11.3. The minimum absolute atomic E-state index is 0.256. The Bertz CT molecular complexity index is 1270. The van der Waals surface area contributed by atoms with E-state index in [-0.39, 0.29) is 5.92 Å². The number of hydrogen-bond donors (Lipinski definition) is 1. The monoisotopic (exact) mass is 489 g/mol. The summed E-state index contributed by atoms with van der Waals surface area (Å²) in [6, 6.07) is 22.2. The Balaban J connectivity index is 0.000000221. The summed E-state index contributed by atoms with van der Waals surface area (Å²) in [6.07, 6.45) is 5.05. The molecule has 1 saturated heterocycles. The predicted octanol–water partition coefficient (Wildman–Crippen LogP) is 5.78. The number of pyridine rings is 1. The van der Waals surface area contributed by atoms with E-state index in [4.69, 9.17) is 16.6 Å². The molecule has 0 saturated carbocycles. The van der Waals surface area contributed by atoms with E-state index in [0.29, 0.717) is 5.02 Å². The van der Waals surface area contributed by atoms with Crippen LogP contribution in [0.5, 0.6) is 0 Å². The van der Waals surface area contributed by atoms with E-state index >= 15 is 0 Å². The minimum atomic E-state index is 0.256. The van der Waals surface area contributed by atoms with Crippen LogP contribution in [0.2, 0.25) is 5.02 Å². The van der Waals surface area contributed by atoms with E-state index in [0.717, 1.165) is 60.6 Å². The Kier molecular flexibility index (Phi) is 7.93. The summed E-state index contributed by atoms with van der Waals surface area (Å²) in [5, 5.41) is 3.78. The first-order valence-corrected chi connectivity index (χ1v) is 12.3. The Morgan fingerprint density at radius 2 is 1.89 bits per heavy atom. The number of carbonyl (C=O) groups excluding carboxylic acids is 1. The number of aromatic nitrogens is 2. The highest BCUT2D eigenvalue weighted by Gasteiger charge is 2.25. The van der Waals surface area contributed by atoms with Gasteiger partial charge in [-0.1, -0.05) is 29.8 Å². The highest BCUT2D eigenvalue weighted by Crippen LogP contribution is 2.32. The molecule has 0 aliphatic carbocycles. The van der Waals surface area contributed by atoms with E-state index < -0.39 is 0 Å². The average Bonchev–Trinajstić information content (AvgIpc) is 3.29. The van der Waals surface area contributed by atoms with Crippen LogP contribution in [0.3, 0.4) is 0 Å². The van der Waals surface area contributed by atoms with Gasteiger partial charge in [0.25, 0.3) is 0 Å². The van der Waals surface area contributed by atoms with Crippen molar-refractivity contribution < 1.29 is 4.79 Å². The third-order valence-electron chi connectivity index (χ3n) is 6.31. The van der Waals surface area contributed by atoms with Gasteiger partial charge in [0, 0.05) is 68.3 Å². The topological polar surface area (TPSA) is 52.9 Å². The summed E-state index contributed by atoms with van der Waals surface area (Å²) >= 11 is 6.16. The summed E-state index contributed by atoms with van der Waals surface area (Å²) in [4.78, 5) is 20.0. The molecule has 2 aromatic heterocycles. The predicted molar refractivity (Wildman–Crippen MR) is 146 cm³/mol. The van der Waals surface area contributed by atoms with Crippen molar-refractivity contribution in [1.82, 2.24) is 14.3 Å². The van der Waals surface area contributed by atoms with Gasteiger partial charge in [-0.2, -0.15) is 0 Å². The largest absolute Gasteiger partial charge is 0.388 e. The van der Waals surface area contributed by atoms with Gasteiger partial charge in [-0.15, -0.1) is 0 Å². The second-order valence-corrected chi connectivity index (χ2v) is 9.35. The van der Waals surface area contributed by atoms with E-state index in [2.05, 4.69) is 44.9 Å². The Hall–Kier alpha value is -3.51. The van der Waals surface area contributed by atoms with E-state index in [1.807, 2.05) is 68.6 Å². The number of piperidine rings is 1. The van der Waals surface area contributed by atoms with Gasteiger partial charge in [-0.3, -0.25) is 4.79 Å². The molecule has 6 nitrogen and oxygen atoms in total. The molecule has 1 atom stereocenters. The highest BCUT2D eigenvalue weighted by molar-refractivity contribution is 6.30. The molecule has 1 aliphatic heterocycles. The second-order valence-electron chi connectivity index (χ2n) is 8.92. The van der Waals surface area contributed by atoms with Crippen LogP contribution in [-0.2, 0) is 4.79 Å². The maximum Gasteiger partial charge on any atom is 0.209 e. The molecular formula is C28H32ClN5O. The fraction of sp³-hybridized carbons (Fsp3) is 0.286. The van der Waals surface area contributed by atoms with Gasteiger partial charge in [-0.25, -0.2) is 4.98 Å². The van der Waals surface area contributed by atoms with Gasteiger partial charge in [0.15, 0.2) is 0 Å². The van der Waals surface area contributed by atoms with Crippen LogP contribution in [0.4, 0.5) is 11.4 Å². The number of anilines is 2. The Labute approximate surface area is 212 Å². The number of hydrogen-bond acceptors (Lipinski definition) is 4. The van der Waals surface area contributed by atoms with Crippen LogP contribution < -0.4 is 10.2 Å². The van der Waals surface area contributed by atoms with Crippen LogP contribution in [0, 0.1) is 0 Å². The van der Waals surface area contributed by atoms with Crippen molar-refractivity contribution >= 4 is 34.9 Å². The molecule has 3 heterocycles. The summed E-state index contributed by atoms with van der Waals surface area (Å²) in [5.41, 5.74) is 5.40. The van der Waals surface area contributed by atoms with Gasteiger partial charge in [-0.05, 0) is 61.4 Å². The van der Waals surface area contributed by atoms with Crippen molar-refractivity contribution in [3.05, 3.63) is 83.8 Å². The number of amides is 1. The molecular weight excluding hydrogens is 458 g/mol. The lowest BCUT2D eigenvalue weighted by Crippen LogP contribution is -2.33. The first-order valence-electron chi connectivity index (χ1n) is 11.9. The van der Waals surface area contributed by atoms with Gasteiger partial charge in [0.05, 0.1) is 11.2 Å². The first-order chi connectivity index (χ1) is 17.0. The highest BCUT2D eigenvalue weighted by atomic mass is 35.5. The van der Waals surface area contributed by atoms with E-state index in [9.17, 15) is 4.79 Å². The molecule has 1 fully saturated rings. The lowest BCUT2D eigenvalue weighted by molar-refractivity contribution is -0.119. The van der Waals surface area contributed by atoms with Gasteiger partial charge in [0.1, 0.15) is 5.82 Å². The zero-order valence-electron chi connectivity index (χ0n) is 20.5. The fourth-order valence-corrected chi connectivity index (χ4v) is 4.63. The number of halogens is 1. The SMILES string of the molecule is CNc1ccc(N(C)C)cc1.O=CN1CCCC(c2nc(-c3cccc(Cl)c3)c3ccccn23)C1. The molecule has 182 valence electrons. The minimum Gasteiger partial charge on any atom is -0.388 e. The molecule has 0 radical (unpaired) electrons.